The number of hydrogen-bond donors (Lipinski definition) is 0. The van der Waals surface area contributed by atoms with Crippen LogP contribution >= 0.6 is 11.6 Å². The topological polar surface area (TPSA) is 30.7 Å². The Morgan fingerprint density at radius 3 is 2.42 bits per heavy atom. The predicted molar refractivity (Wildman–Crippen MR) is 46.4 cm³/mol. The predicted octanol–water partition coefficient (Wildman–Crippen LogP) is 1.92. The minimum Gasteiger partial charge on any atom is -0.307 e. The second-order valence-electron chi connectivity index (χ2n) is 2.30. The molecule has 0 atom stereocenters. The molecule has 0 saturated heterocycles. The van der Waals surface area contributed by atoms with Crippen LogP contribution in [-0.2, 0) is 0 Å². The molecular formula is C8H6ClN3. The maximum atomic E-state index is 5.59. The Hall–Kier alpha value is -1.35. The van der Waals surface area contributed by atoms with Gasteiger partial charge in [-0.25, -0.2) is 0 Å². The number of nitrogens with zero attached hydrogens (tertiary/aromatic N) is 3. The lowest BCUT2D eigenvalue weighted by Crippen LogP contribution is -1.95. The first kappa shape index (κ1) is 7.31. The van der Waals surface area contributed by atoms with Crippen molar-refractivity contribution in [2.75, 3.05) is 0 Å². The van der Waals surface area contributed by atoms with E-state index in [1.165, 1.54) is 0 Å². The summed E-state index contributed by atoms with van der Waals surface area (Å²) in [7, 11) is 0. The molecule has 0 aliphatic rings. The van der Waals surface area contributed by atoms with Gasteiger partial charge in [0.2, 0.25) is 0 Å². The van der Waals surface area contributed by atoms with Crippen molar-refractivity contribution in [2.45, 2.75) is 0 Å². The number of rotatable bonds is 1. The normalized spacial score (nSPS) is 10.1. The summed E-state index contributed by atoms with van der Waals surface area (Å²) < 4.78 is 1.86. The summed E-state index contributed by atoms with van der Waals surface area (Å²) in [5, 5.41) is 8.04. The summed E-state index contributed by atoms with van der Waals surface area (Å²) >= 11 is 5.59. The van der Waals surface area contributed by atoms with Gasteiger partial charge in [-0.2, -0.15) is 0 Å². The molecule has 60 valence electrons. The Morgan fingerprint density at radius 1 is 1.08 bits per heavy atom. The van der Waals surface area contributed by atoms with Gasteiger partial charge in [-0.15, -0.1) is 10.2 Å². The highest BCUT2D eigenvalue weighted by atomic mass is 35.5. The molecule has 0 aliphatic carbocycles. The lowest BCUT2D eigenvalue weighted by molar-refractivity contribution is 0.919. The van der Waals surface area contributed by atoms with E-state index in [4.69, 9.17) is 11.6 Å². The van der Waals surface area contributed by atoms with E-state index in [9.17, 15) is 0 Å². The van der Waals surface area contributed by atoms with Gasteiger partial charge in [0.05, 0.1) is 0 Å². The Morgan fingerprint density at radius 2 is 1.83 bits per heavy atom. The average molecular weight is 180 g/mol. The molecule has 2 aromatic rings. The molecule has 0 amide bonds. The zero-order chi connectivity index (χ0) is 8.39. The Balaban J connectivity index is 2.43. The second-order valence-corrected chi connectivity index (χ2v) is 2.69. The van der Waals surface area contributed by atoms with Gasteiger partial charge in [-0.3, -0.25) is 0 Å². The molecule has 2 rings (SSSR count). The molecule has 0 aliphatic heterocycles. The van der Waals surface area contributed by atoms with Crippen LogP contribution < -0.4 is 0 Å². The quantitative estimate of drug-likeness (QED) is 0.670. The molecule has 0 fully saturated rings. The van der Waals surface area contributed by atoms with Gasteiger partial charge >= 0.3 is 0 Å². The maximum Gasteiger partial charge on any atom is 0.159 e. The van der Waals surface area contributed by atoms with E-state index >= 15 is 0 Å². The molecule has 12 heavy (non-hydrogen) atoms. The van der Waals surface area contributed by atoms with Crippen molar-refractivity contribution in [3.63, 3.8) is 0 Å². The Kier molecular flexibility index (Phi) is 1.80. The second kappa shape index (κ2) is 2.95. The van der Waals surface area contributed by atoms with Crippen LogP contribution in [0.4, 0.5) is 0 Å². The highest BCUT2D eigenvalue weighted by Gasteiger charge is 1.95. The molecule has 0 bridgehead atoms. The molecule has 0 aromatic carbocycles. The molecule has 0 saturated carbocycles. The van der Waals surface area contributed by atoms with Gasteiger partial charge in [0.25, 0.3) is 0 Å². The molecule has 2 aromatic heterocycles. The molecule has 0 radical (unpaired) electrons. The monoisotopic (exact) mass is 179 g/mol. The van der Waals surface area contributed by atoms with E-state index in [1.54, 1.807) is 6.07 Å². The molecule has 3 nitrogen and oxygen atoms in total. The smallest absolute Gasteiger partial charge is 0.159 e. The van der Waals surface area contributed by atoms with Crippen LogP contribution in [-0.4, -0.2) is 14.8 Å². The van der Waals surface area contributed by atoms with Crippen molar-refractivity contribution in [3.8, 4) is 5.82 Å². The third-order valence-electron chi connectivity index (χ3n) is 1.49. The van der Waals surface area contributed by atoms with Crippen molar-refractivity contribution in [2.24, 2.45) is 0 Å². The standard InChI is InChI=1S/C8H6ClN3/c9-7-3-4-8(11-10-7)12-5-1-2-6-12/h1-6H. The van der Waals surface area contributed by atoms with Crippen molar-refractivity contribution in [1.82, 2.24) is 14.8 Å². The average Bonchev–Trinajstić information content (AvgIpc) is 2.58. The number of hydrogen-bond acceptors (Lipinski definition) is 2. The summed E-state index contributed by atoms with van der Waals surface area (Å²) in [6, 6.07) is 7.38. The minimum atomic E-state index is 0.408. The zero-order valence-corrected chi connectivity index (χ0v) is 6.94. The van der Waals surface area contributed by atoms with Crippen molar-refractivity contribution in [3.05, 3.63) is 41.8 Å². The molecule has 2 heterocycles. The maximum absolute atomic E-state index is 5.59. The Labute approximate surface area is 74.6 Å². The molecular weight excluding hydrogens is 174 g/mol. The summed E-state index contributed by atoms with van der Waals surface area (Å²) in [5.74, 6) is 0.768. The van der Waals surface area contributed by atoms with E-state index in [2.05, 4.69) is 10.2 Å². The van der Waals surface area contributed by atoms with E-state index in [1.807, 2.05) is 35.2 Å². The lowest BCUT2D eigenvalue weighted by atomic mass is 10.5. The molecule has 0 spiro atoms. The molecule has 4 heteroatoms. The minimum absolute atomic E-state index is 0.408. The number of halogens is 1. The van der Waals surface area contributed by atoms with Gasteiger partial charge < -0.3 is 4.57 Å². The fourth-order valence-electron chi connectivity index (χ4n) is 0.934. The highest BCUT2D eigenvalue weighted by molar-refractivity contribution is 6.29. The number of aromatic nitrogens is 3. The van der Waals surface area contributed by atoms with Crippen LogP contribution in [0, 0.1) is 0 Å². The summed E-state index contributed by atoms with van der Waals surface area (Å²) in [5.41, 5.74) is 0. The van der Waals surface area contributed by atoms with Gasteiger partial charge in [0.15, 0.2) is 11.0 Å². The summed E-state index contributed by atoms with van der Waals surface area (Å²) in [4.78, 5) is 0. The van der Waals surface area contributed by atoms with Gasteiger partial charge in [-0.05, 0) is 24.3 Å². The fraction of sp³-hybridized carbons (Fsp3) is 0. The fourth-order valence-corrected chi connectivity index (χ4v) is 1.03. The first-order valence-electron chi connectivity index (χ1n) is 3.49. The lowest BCUT2D eigenvalue weighted by Gasteiger charge is -1.98. The van der Waals surface area contributed by atoms with Crippen LogP contribution in [0.25, 0.3) is 5.82 Å². The third kappa shape index (κ3) is 1.31. The van der Waals surface area contributed by atoms with Crippen LogP contribution in [0.3, 0.4) is 0 Å². The van der Waals surface area contributed by atoms with Crippen molar-refractivity contribution < 1.29 is 0 Å². The van der Waals surface area contributed by atoms with E-state index < -0.39 is 0 Å². The van der Waals surface area contributed by atoms with Crippen LogP contribution in [0.5, 0.6) is 0 Å². The van der Waals surface area contributed by atoms with E-state index in [-0.39, 0.29) is 0 Å². The zero-order valence-electron chi connectivity index (χ0n) is 6.18. The van der Waals surface area contributed by atoms with Crippen molar-refractivity contribution in [1.29, 1.82) is 0 Å². The molecule has 0 unspecified atom stereocenters. The van der Waals surface area contributed by atoms with Crippen LogP contribution in [0.15, 0.2) is 36.7 Å². The van der Waals surface area contributed by atoms with Crippen LogP contribution in [0.2, 0.25) is 5.15 Å². The Bertz CT molecular complexity index is 352. The van der Waals surface area contributed by atoms with E-state index in [0.29, 0.717) is 5.15 Å². The third-order valence-corrected chi connectivity index (χ3v) is 1.69. The SMILES string of the molecule is Clc1ccc(-n2cccc2)nn1. The van der Waals surface area contributed by atoms with Gasteiger partial charge in [0.1, 0.15) is 0 Å². The highest BCUT2D eigenvalue weighted by Crippen LogP contribution is 2.06. The van der Waals surface area contributed by atoms with Crippen molar-refractivity contribution >= 4 is 11.6 Å². The first-order valence-corrected chi connectivity index (χ1v) is 3.86. The first-order chi connectivity index (χ1) is 5.86. The largest absolute Gasteiger partial charge is 0.307 e. The van der Waals surface area contributed by atoms with Gasteiger partial charge in [0, 0.05) is 12.4 Å². The van der Waals surface area contributed by atoms with Gasteiger partial charge in [-0.1, -0.05) is 11.6 Å². The summed E-state index contributed by atoms with van der Waals surface area (Å²) in [6.07, 6.45) is 3.80. The molecule has 0 N–H and O–H groups in total. The summed E-state index contributed by atoms with van der Waals surface area (Å²) in [6.45, 7) is 0. The van der Waals surface area contributed by atoms with Crippen LogP contribution in [0.1, 0.15) is 0 Å². The van der Waals surface area contributed by atoms with E-state index in [0.717, 1.165) is 5.82 Å².